The van der Waals surface area contributed by atoms with Gasteiger partial charge in [-0.25, -0.2) is 4.99 Å². The van der Waals surface area contributed by atoms with Crippen molar-refractivity contribution < 1.29 is 4.79 Å². The van der Waals surface area contributed by atoms with Gasteiger partial charge in [0.05, 0.1) is 0 Å². The molecule has 1 aliphatic heterocycles. The highest BCUT2D eigenvalue weighted by Gasteiger charge is 2.19. The Morgan fingerprint density at radius 3 is 2.62 bits per heavy atom. The van der Waals surface area contributed by atoms with E-state index in [1.165, 1.54) is 0 Å². The van der Waals surface area contributed by atoms with Gasteiger partial charge in [0.25, 0.3) is 5.91 Å². The lowest BCUT2D eigenvalue weighted by molar-refractivity contribution is -0.115. The van der Waals surface area contributed by atoms with Gasteiger partial charge in [-0.15, -0.1) is 0 Å². The molecule has 5 heteroatoms. The van der Waals surface area contributed by atoms with Crippen LogP contribution in [0.3, 0.4) is 0 Å². The van der Waals surface area contributed by atoms with Crippen LogP contribution in [0.1, 0.15) is 25.3 Å². The normalized spacial score (nSPS) is 16.0. The number of anilines is 1. The first-order valence-electron chi connectivity index (χ1n) is 7.12. The van der Waals surface area contributed by atoms with E-state index >= 15 is 0 Å². The summed E-state index contributed by atoms with van der Waals surface area (Å²) in [7, 11) is 4.00. The van der Waals surface area contributed by atoms with E-state index < -0.39 is 0 Å². The van der Waals surface area contributed by atoms with Gasteiger partial charge < -0.3 is 4.90 Å². The van der Waals surface area contributed by atoms with Gasteiger partial charge in [0.2, 0.25) is 0 Å². The zero-order valence-electron chi connectivity index (χ0n) is 12.7. The molecule has 1 aliphatic rings. The van der Waals surface area contributed by atoms with E-state index in [1.807, 2.05) is 49.3 Å². The lowest BCUT2D eigenvalue weighted by Crippen LogP contribution is -2.21. The zero-order chi connectivity index (χ0) is 15.2. The van der Waals surface area contributed by atoms with Gasteiger partial charge in [0.15, 0.2) is 5.17 Å². The summed E-state index contributed by atoms with van der Waals surface area (Å²) in [6.45, 7) is 2.15. The van der Waals surface area contributed by atoms with Crippen molar-refractivity contribution >= 4 is 34.6 Å². The summed E-state index contributed by atoms with van der Waals surface area (Å²) in [6.07, 6.45) is 4.10. The van der Waals surface area contributed by atoms with E-state index in [1.54, 1.807) is 11.8 Å². The van der Waals surface area contributed by atoms with E-state index in [-0.39, 0.29) is 5.91 Å². The minimum Gasteiger partial charge on any atom is -0.378 e. The molecule has 1 amide bonds. The molecule has 4 nitrogen and oxygen atoms in total. The summed E-state index contributed by atoms with van der Waals surface area (Å²) in [4.78, 5) is 18.3. The average molecular weight is 303 g/mol. The van der Waals surface area contributed by atoms with E-state index in [9.17, 15) is 4.79 Å². The van der Waals surface area contributed by atoms with Gasteiger partial charge in [-0.2, -0.15) is 0 Å². The molecule has 1 N–H and O–H groups in total. The number of unbranched alkanes of at least 4 members (excludes halogenated alkanes) is 1. The van der Waals surface area contributed by atoms with E-state index in [0.29, 0.717) is 10.9 Å². The maximum Gasteiger partial charge on any atom is 0.275 e. The molecule has 0 aliphatic carbocycles. The Bertz CT molecular complexity index is 561. The van der Waals surface area contributed by atoms with Crippen LogP contribution < -0.4 is 10.2 Å². The van der Waals surface area contributed by atoms with Crippen LogP contribution in [0.2, 0.25) is 0 Å². The molecule has 1 heterocycles. The van der Waals surface area contributed by atoms with Crippen LogP contribution >= 0.6 is 11.8 Å². The molecular weight excluding hydrogens is 282 g/mol. The highest BCUT2D eigenvalue weighted by Crippen LogP contribution is 2.19. The fourth-order valence-corrected chi connectivity index (χ4v) is 2.81. The monoisotopic (exact) mass is 303 g/mol. The first kappa shape index (κ1) is 15.6. The number of benzene rings is 1. The van der Waals surface area contributed by atoms with Crippen LogP contribution in [0.4, 0.5) is 5.69 Å². The maximum absolute atomic E-state index is 11.9. The second-order valence-corrected chi connectivity index (χ2v) is 6.17. The van der Waals surface area contributed by atoms with E-state index in [2.05, 4.69) is 17.2 Å². The standard InChI is InChI=1S/C16H21N3OS/c1-4-5-10-21-16-17-14(15(20)18-16)11-12-6-8-13(9-7-12)19(2)3/h6-9,11H,4-5,10H2,1-3H3,(H,17,18,20). The Balaban J connectivity index is 2.07. The molecule has 0 atom stereocenters. The SMILES string of the molecule is CCCCSC1=NC(=Cc2ccc(N(C)C)cc2)C(=O)N1. The fraction of sp³-hybridized carbons (Fsp3) is 0.375. The van der Waals surface area contributed by atoms with Crippen molar-refractivity contribution in [3.8, 4) is 0 Å². The number of nitrogens with zero attached hydrogens (tertiary/aromatic N) is 2. The molecule has 112 valence electrons. The van der Waals surface area contributed by atoms with Crippen LogP contribution in [0.15, 0.2) is 35.0 Å². The number of rotatable bonds is 5. The second kappa shape index (κ2) is 7.31. The van der Waals surface area contributed by atoms with Gasteiger partial charge in [-0.3, -0.25) is 10.1 Å². The lowest BCUT2D eigenvalue weighted by Gasteiger charge is -2.11. The summed E-state index contributed by atoms with van der Waals surface area (Å²) in [6, 6.07) is 8.04. The van der Waals surface area contributed by atoms with Crippen molar-refractivity contribution in [1.29, 1.82) is 0 Å². The summed E-state index contributed by atoms with van der Waals surface area (Å²) in [5, 5.41) is 3.52. The number of amides is 1. The summed E-state index contributed by atoms with van der Waals surface area (Å²) in [5.41, 5.74) is 2.59. The largest absolute Gasteiger partial charge is 0.378 e. The fourth-order valence-electron chi connectivity index (χ4n) is 1.86. The molecule has 21 heavy (non-hydrogen) atoms. The average Bonchev–Trinajstić information content (AvgIpc) is 2.80. The number of hydrogen-bond donors (Lipinski definition) is 1. The van der Waals surface area contributed by atoms with Crippen LogP contribution in [0.5, 0.6) is 0 Å². The predicted molar refractivity (Wildman–Crippen MR) is 91.7 cm³/mol. The molecule has 0 spiro atoms. The molecule has 1 aromatic carbocycles. The quantitative estimate of drug-likeness (QED) is 0.671. The summed E-state index contributed by atoms with van der Waals surface area (Å²) in [5.74, 6) is 0.867. The van der Waals surface area contributed by atoms with Crippen LogP contribution in [0.25, 0.3) is 6.08 Å². The van der Waals surface area contributed by atoms with Gasteiger partial charge in [-0.05, 0) is 30.2 Å². The molecule has 0 aromatic heterocycles. The van der Waals surface area contributed by atoms with Crippen LogP contribution in [-0.4, -0.2) is 30.9 Å². The topological polar surface area (TPSA) is 44.7 Å². The van der Waals surface area contributed by atoms with Crippen LogP contribution in [-0.2, 0) is 4.79 Å². The van der Waals surface area contributed by atoms with Gasteiger partial charge in [-0.1, -0.05) is 37.2 Å². The minimum absolute atomic E-state index is 0.120. The third kappa shape index (κ3) is 4.36. The predicted octanol–water partition coefficient (Wildman–Crippen LogP) is 3.11. The second-order valence-electron chi connectivity index (χ2n) is 5.09. The maximum atomic E-state index is 11.9. The first-order valence-corrected chi connectivity index (χ1v) is 8.10. The van der Waals surface area contributed by atoms with Crippen molar-refractivity contribution in [2.24, 2.45) is 4.99 Å². The molecule has 0 saturated carbocycles. The van der Waals surface area contributed by atoms with Crippen molar-refractivity contribution in [1.82, 2.24) is 5.32 Å². The Labute approximate surface area is 130 Å². The van der Waals surface area contributed by atoms with Crippen molar-refractivity contribution in [2.45, 2.75) is 19.8 Å². The molecule has 0 radical (unpaired) electrons. The number of thioether (sulfide) groups is 1. The zero-order valence-corrected chi connectivity index (χ0v) is 13.5. The number of carbonyl (C=O) groups is 1. The number of hydrogen-bond acceptors (Lipinski definition) is 4. The molecular formula is C16H21N3OS. The Hall–Kier alpha value is -1.75. The third-order valence-corrected chi connectivity index (χ3v) is 4.08. The summed E-state index contributed by atoms with van der Waals surface area (Å²) >= 11 is 1.60. The number of aliphatic imine (C=N–C) groups is 1. The molecule has 0 unspecified atom stereocenters. The van der Waals surface area contributed by atoms with Crippen molar-refractivity contribution in [3.63, 3.8) is 0 Å². The van der Waals surface area contributed by atoms with E-state index in [0.717, 1.165) is 29.8 Å². The molecule has 2 rings (SSSR count). The smallest absolute Gasteiger partial charge is 0.275 e. The Morgan fingerprint density at radius 1 is 1.29 bits per heavy atom. The van der Waals surface area contributed by atoms with Gasteiger partial charge in [0, 0.05) is 25.5 Å². The number of amidine groups is 1. The highest BCUT2D eigenvalue weighted by atomic mass is 32.2. The minimum atomic E-state index is -0.120. The summed E-state index contributed by atoms with van der Waals surface area (Å²) < 4.78 is 0. The molecule has 0 fully saturated rings. The van der Waals surface area contributed by atoms with Gasteiger partial charge >= 0.3 is 0 Å². The van der Waals surface area contributed by atoms with Gasteiger partial charge in [0.1, 0.15) is 5.70 Å². The first-order chi connectivity index (χ1) is 10.1. The molecule has 0 saturated heterocycles. The number of carbonyl (C=O) groups excluding carboxylic acids is 1. The Morgan fingerprint density at radius 2 is 2.00 bits per heavy atom. The highest BCUT2D eigenvalue weighted by molar-refractivity contribution is 8.13. The number of nitrogens with one attached hydrogen (secondary N) is 1. The van der Waals surface area contributed by atoms with Crippen molar-refractivity contribution in [2.75, 3.05) is 24.7 Å². The Kier molecular flexibility index (Phi) is 5.44. The van der Waals surface area contributed by atoms with E-state index in [4.69, 9.17) is 0 Å². The molecule has 1 aromatic rings. The van der Waals surface area contributed by atoms with Crippen molar-refractivity contribution in [3.05, 3.63) is 35.5 Å². The third-order valence-electron chi connectivity index (χ3n) is 3.12. The molecule has 0 bridgehead atoms. The van der Waals surface area contributed by atoms with Crippen LogP contribution in [0, 0.1) is 0 Å². The lowest BCUT2D eigenvalue weighted by atomic mass is 10.1.